The van der Waals surface area contributed by atoms with Crippen molar-refractivity contribution in [2.45, 2.75) is 20.3 Å². The van der Waals surface area contributed by atoms with Crippen LogP contribution in [0.5, 0.6) is 0 Å². The van der Waals surface area contributed by atoms with Gasteiger partial charge in [0.2, 0.25) is 0 Å². The Morgan fingerprint density at radius 2 is 2.05 bits per heavy atom. The third kappa shape index (κ3) is 2.83. The zero-order valence-corrected chi connectivity index (χ0v) is 12.2. The first-order chi connectivity index (χ1) is 8.80. The van der Waals surface area contributed by atoms with Gasteiger partial charge in [-0.25, -0.2) is 0 Å². The van der Waals surface area contributed by atoms with Crippen molar-refractivity contribution in [1.29, 1.82) is 0 Å². The smallest absolute Gasteiger partial charge is 0.253 e. The predicted molar refractivity (Wildman–Crippen MR) is 79.5 cm³/mol. The van der Waals surface area contributed by atoms with Gasteiger partial charge in [-0.3, -0.25) is 4.79 Å². The Hall–Kier alpha value is -1.71. The van der Waals surface area contributed by atoms with Gasteiger partial charge in [-0.2, -0.15) is 0 Å². The topological polar surface area (TPSA) is 49.6 Å². The second kappa shape index (κ2) is 4.76. The normalized spacial score (nSPS) is 17.6. The minimum atomic E-state index is 0.0136. The fraction of sp³-hybridized carbons (Fsp3) is 0.533. The second-order valence-electron chi connectivity index (χ2n) is 6.31. The number of hydrogen-bond donors (Lipinski definition) is 1. The maximum Gasteiger partial charge on any atom is 0.253 e. The van der Waals surface area contributed by atoms with Crippen LogP contribution in [0.4, 0.5) is 11.4 Å². The minimum absolute atomic E-state index is 0.0136. The molecule has 104 valence electrons. The number of hydrogen-bond acceptors (Lipinski definition) is 3. The van der Waals surface area contributed by atoms with Gasteiger partial charge in [0.15, 0.2) is 0 Å². The molecule has 1 aliphatic heterocycles. The zero-order chi connectivity index (χ0) is 14.2. The number of amides is 1. The Morgan fingerprint density at radius 3 is 2.58 bits per heavy atom. The highest BCUT2D eigenvalue weighted by Gasteiger charge is 2.30. The van der Waals surface area contributed by atoms with Crippen LogP contribution in [0.3, 0.4) is 0 Å². The molecule has 4 heteroatoms. The van der Waals surface area contributed by atoms with Crippen molar-refractivity contribution in [3.8, 4) is 0 Å². The number of nitrogens with zero attached hydrogens (tertiary/aromatic N) is 2. The van der Waals surface area contributed by atoms with Crippen LogP contribution in [0.25, 0.3) is 0 Å². The first-order valence-corrected chi connectivity index (χ1v) is 6.66. The molecule has 19 heavy (non-hydrogen) atoms. The first kappa shape index (κ1) is 13.7. The summed E-state index contributed by atoms with van der Waals surface area (Å²) in [4.78, 5) is 15.9. The van der Waals surface area contributed by atoms with E-state index in [1.165, 1.54) is 0 Å². The van der Waals surface area contributed by atoms with E-state index in [2.05, 4.69) is 18.7 Å². The van der Waals surface area contributed by atoms with Crippen LogP contribution < -0.4 is 10.6 Å². The van der Waals surface area contributed by atoms with Crippen LogP contribution in [0.2, 0.25) is 0 Å². The molecule has 4 nitrogen and oxygen atoms in total. The third-order valence-corrected chi connectivity index (χ3v) is 3.70. The summed E-state index contributed by atoms with van der Waals surface area (Å²) in [7, 11) is 3.52. The fourth-order valence-corrected chi connectivity index (χ4v) is 2.53. The molecule has 0 radical (unpaired) electrons. The summed E-state index contributed by atoms with van der Waals surface area (Å²) in [6.45, 7) is 6.50. The number of rotatable bonds is 2. The molecule has 1 aromatic rings. The second-order valence-corrected chi connectivity index (χ2v) is 6.31. The van der Waals surface area contributed by atoms with Gasteiger partial charge in [-0.1, -0.05) is 13.8 Å². The van der Waals surface area contributed by atoms with Crippen LogP contribution in [-0.2, 0) is 0 Å². The Kier molecular flexibility index (Phi) is 3.43. The molecule has 0 aliphatic carbocycles. The molecule has 0 saturated carbocycles. The van der Waals surface area contributed by atoms with E-state index < -0.39 is 0 Å². The molecule has 1 aliphatic rings. The van der Waals surface area contributed by atoms with Gasteiger partial charge in [-0.05, 0) is 30.0 Å². The number of nitrogens with two attached hydrogens (primary N) is 1. The molecule has 0 bridgehead atoms. The predicted octanol–water partition coefficient (Wildman–Crippen LogP) is 2.21. The van der Waals surface area contributed by atoms with Gasteiger partial charge >= 0.3 is 0 Å². The monoisotopic (exact) mass is 261 g/mol. The summed E-state index contributed by atoms with van der Waals surface area (Å²) in [5, 5.41) is 0. The lowest BCUT2D eigenvalue weighted by Crippen LogP contribution is -2.25. The van der Waals surface area contributed by atoms with Crippen molar-refractivity contribution >= 4 is 17.3 Å². The summed E-state index contributed by atoms with van der Waals surface area (Å²) in [6.07, 6.45) is 1.15. The highest BCUT2D eigenvalue weighted by molar-refractivity contribution is 5.96. The van der Waals surface area contributed by atoms with Crippen LogP contribution >= 0.6 is 0 Å². The quantitative estimate of drug-likeness (QED) is 0.830. The minimum Gasteiger partial charge on any atom is -0.397 e. The van der Waals surface area contributed by atoms with Crippen molar-refractivity contribution in [3.63, 3.8) is 0 Å². The summed E-state index contributed by atoms with van der Waals surface area (Å²) in [6, 6.07) is 5.54. The molecular weight excluding hydrogens is 238 g/mol. The maximum atomic E-state index is 12.0. The van der Waals surface area contributed by atoms with Crippen molar-refractivity contribution in [2.75, 3.05) is 37.8 Å². The summed E-state index contributed by atoms with van der Waals surface area (Å²) >= 11 is 0. The third-order valence-electron chi connectivity index (χ3n) is 3.70. The van der Waals surface area contributed by atoms with Crippen LogP contribution in [0.1, 0.15) is 30.6 Å². The van der Waals surface area contributed by atoms with E-state index in [4.69, 9.17) is 5.73 Å². The molecule has 2 rings (SSSR count). The Balaban J connectivity index is 2.31. The van der Waals surface area contributed by atoms with Gasteiger partial charge in [-0.15, -0.1) is 0 Å². The van der Waals surface area contributed by atoms with Crippen molar-refractivity contribution in [3.05, 3.63) is 23.8 Å². The summed E-state index contributed by atoms with van der Waals surface area (Å²) in [5.74, 6) is 0.0136. The van der Waals surface area contributed by atoms with E-state index in [1.54, 1.807) is 25.1 Å². The molecule has 0 unspecified atom stereocenters. The van der Waals surface area contributed by atoms with Crippen LogP contribution in [-0.4, -0.2) is 38.0 Å². The number of benzene rings is 1. The Bertz CT molecular complexity index is 494. The lowest BCUT2D eigenvalue weighted by Gasteiger charge is -2.24. The standard InChI is InChI=1S/C15H23N3O/c1-15(2)7-8-18(10-15)13-9-11(5-6-12(13)16)14(19)17(3)4/h5-6,9H,7-8,10,16H2,1-4H3. The van der Waals surface area contributed by atoms with Crippen LogP contribution in [0, 0.1) is 5.41 Å². The number of anilines is 2. The van der Waals surface area contributed by atoms with Crippen molar-refractivity contribution < 1.29 is 4.79 Å². The molecule has 0 aromatic heterocycles. The van der Waals surface area contributed by atoms with E-state index in [-0.39, 0.29) is 5.91 Å². The van der Waals surface area contributed by atoms with Gasteiger partial charge in [0.25, 0.3) is 5.91 Å². The van der Waals surface area contributed by atoms with Crippen molar-refractivity contribution in [1.82, 2.24) is 4.90 Å². The highest BCUT2D eigenvalue weighted by Crippen LogP contribution is 2.35. The molecule has 1 amide bonds. The lowest BCUT2D eigenvalue weighted by molar-refractivity contribution is 0.0827. The fourth-order valence-electron chi connectivity index (χ4n) is 2.53. The largest absolute Gasteiger partial charge is 0.397 e. The average Bonchev–Trinajstić information content (AvgIpc) is 2.69. The average molecular weight is 261 g/mol. The molecule has 1 fully saturated rings. The Labute approximate surface area is 115 Å². The van der Waals surface area contributed by atoms with Gasteiger partial charge in [0.1, 0.15) is 0 Å². The molecular formula is C15H23N3O. The van der Waals surface area contributed by atoms with E-state index >= 15 is 0 Å². The SMILES string of the molecule is CN(C)C(=O)c1ccc(N)c(N2CCC(C)(C)C2)c1. The van der Waals surface area contributed by atoms with E-state index in [0.717, 1.165) is 30.9 Å². The Morgan fingerprint density at radius 1 is 1.37 bits per heavy atom. The molecule has 1 heterocycles. The lowest BCUT2D eigenvalue weighted by atomic mass is 9.93. The molecule has 1 saturated heterocycles. The van der Waals surface area contributed by atoms with Crippen molar-refractivity contribution in [2.24, 2.45) is 5.41 Å². The summed E-state index contributed by atoms with van der Waals surface area (Å²) in [5.41, 5.74) is 8.80. The van der Waals surface area contributed by atoms with E-state index in [0.29, 0.717) is 11.0 Å². The van der Waals surface area contributed by atoms with Gasteiger partial charge in [0.05, 0.1) is 11.4 Å². The van der Waals surface area contributed by atoms with Gasteiger partial charge < -0.3 is 15.5 Å². The highest BCUT2D eigenvalue weighted by atomic mass is 16.2. The molecule has 0 atom stereocenters. The molecule has 0 spiro atoms. The van der Waals surface area contributed by atoms with Gasteiger partial charge in [0, 0.05) is 32.7 Å². The number of nitrogen functional groups attached to an aromatic ring is 1. The summed E-state index contributed by atoms with van der Waals surface area (Å²) < 4.78 is 0. The number of carbonyl (C=O) groups excluding carboxylic acids is 1. The van der Waals surface area contributed by atoms with E-state index in [9.17, 15) is 4.79 Å². The molecule has 2 N–H and O–H groups in total. The first-order valence-electron chi connectivity index (χ1n) is 6.66. The van der Waals surface area contributed by atoms with E-state index in [1.807, 2.05) is 12.1 Å². The maximum absolute atomic E-state index is 12.0. The number of carbonyl (C=O) groups is 1. The van der Waals surface area contributed by atoms with Crippen LogP contribution in [0.15, 0.2) is 18.2 Å². The zero-order valence-electron chi connectivity index (χ0n) is 12.2. The molecule has 1 aromatic carbocycles.